The van der Waals surface area contributed by atoms with Crippen molar-refractivity contribution >= 4 is 33.8 Å². The van der Waals surface area contributed by atoms with Gasteiger partial charge in [0.05, 0.1) is 28.6 Å². The van der Waals surface area contributed by atoms with E-state index < -0.39 is 0 Å². The maximum Gasteiger partial charge on any atom is 0.224 e. The van der Waals surface area contributed by atoms with Gasteiger partial charge in [-0.2, -0.15) is 5.10 Å². The summed E-state index contributed by atoms with van der Waals surface area (Å²) in [6.45, 7) is 3.90. The van der Waals surface area contributed by atoms with Gasteiger partial charge in [-0.15, -0.1) is 0 Å². The summed E-state index contributed by atoms with van der Waals surface area (Å²) in [5.41, 5.74) is 7.45. The van der Waals surface area contributed by atoms with Gasteiger partial charge in [0, 0.05) is 29.9 Å². The Bertz CT molecular complexity index is 1820. The van der Waals surface area contributed by atoms with Crippen molar-refractivity contribution in [3.8, 4) is 33.9 Å². The molecule has 3 N–H and O–H groups in total. The first-order valence-electron chi connectivity index (χ1n) is 12.7. The predicted octanol–water partition coefficient (Wildman–Crippen LogP) is 6.20. The van der Waals surface area contributed by atoms with Gasteiger partial charge in [-0.25, -0.2) is 19.3 Å². The van der Waals surface area contributed by atoms with E-state index in [2.05, 4.69) is 35.5 Å². The molecular formula is C29H25FN8O. The maximum atomic E-state index is 14.1. The van der Waals surface area contributed by atoms with Gasteiger partial charge >= 0.3 is 0 Å². The molecule has 0 atom stereocenters. The van der Waals surface area contributed by atoms with Gasteiger partial charge in [0.15, 0.2) is 17.2 Å². The number of rotatable bonds is 7. The Kier molecular flexibility index (Phi) is 6.28. The Morgan fingerprint density at radius 1 is 1.05 bits per heavy atom. The van der Waals surface area contributed by atoms with E-state index in [-0.39, 0.29) is 11.7 Å². The molecule has 0 fully saturated rings. The van der Waals surface area contributed by atoms with Gasteiger partial charge in [0.1, 0.15) is 11.3 Å². The van der Waals surface area contributed by atoms with E-state index in [0.717, 1.165) is 40.6 Å². The molecule has 0 spiro atoms. The first kappa shape index (κ1) is 24.4. The number of nitrogens with one attached hydrogen (secondary N) is 3. The summed E-state index contributed by atoms with van der Waals surface area (Å²) < 4.78 is 14.1. The van der Waals surface area contributed by atoms with Crippen LogP contribution in [0.2, 0.25) is 0 Å². The van der Waals surface area contributed by atoms with Crippen LogP contribution in [0, 0.1) is 12.7 Å². The fourth-order valence-electron chi connectivity index (χ4n) is 4.59. The van der Waals surface area contributed by atoms with Crippen molar-refractivity contribution in [3.05, 3.63) is 72.4 Å². The summed E-state index contributed by atoms with van der Waals surface area (Å²) in [7, 11) is 0. The van der Waals surface area contributed by atoms with Gasteiger partial charge < -0.3 is 10.3 Å². The number of carbonyl (C=O) groups is 1. The number of anilines is 1. The molecular weight excluding hydrogens is 495 g/mol. The fourth-order valence-corrected chi connectivity index (χ4v) is 4.59. The molecule has 39 heavy (non-hydrogen) atoms. The quantitative estimate of drug-likeness (QED) is 0.230. The number of unbranched alkanes of at least 4 members (excludes halogenated alkanes) is 1. The summed E-state index contributed by atoms with van der Waals surface area (Å²) in [6, 6.07) is 12.3. The molecule has 0 aliphatic carbocycles. The normalized spacial score (nSPS) is 11.4. The van der Waals surface area contributed by atoms with Crippen LogP contribution in [0.3, 0.4) is 0 Å². The smallest absolute Gasteiger partial charge is 0.224 e. The molecule has 0 aliphatic heterocycles. The molecule has 194 valence electrons. The molecule has 6 aromatic rings. The molecule has 0 saturated carbocycles. The molecule has 1 amide bonds. The Morgan fingerprint density at radius 2 is 1.95 bits per heavy atom. The third kappa shape index (κ3) is 4.84. The molecule has 0 radical (unpaired) electrons. The number of nitrogens with zero attached hydrogens (tertiary/aromatic N) is 5. The largest absolute Gasteiger partial charge is 0.335 e. The summed E-state index contributed by atoms with van der Waals surface area (Å²) in [5, 5.41) is 10.4. The van der Waals surface area contributed by atoms with Crippen molar-refractivity contribution in [1.82, 2.24) is 35.1 Å². The number of amides is 1. The highest BCUT2D eigenvalue weighted by atomic mass is 19.1. The van der Waals surface area contributed by atoms with E-state index in [0.29, 0.717) is 46.0 Å². The number of halogens is 1. The van der Waals surface area contributed by atoms with E-state index in [1.54, 1.807) is 18.6 Å². The van der Waals surface area contributed by atoms with Gasteiger partial charge in [-0.05, 0) is 60.9 Å². The van der Waals surface area contributed by atoms with Gasteiger partial charge in [-0.3, -0.25) is 14.9 Å². The van der Waals surface area contributed by atoms with E-state index in [1.807, 2.05) is 44.2 Å². The SMILES string of the molecule is CCCCC(=O)Nc1cncc(-c2ccc3[nH]nc(-c4nc5nccc(-c6cc(C)cc(F)c6)c5[nH]4)c3n2)c1. The number of pyridine rings is 3. The van der Waals surface area contributed by atoms with Crippen LogP contribution in [0.4, 0.5) is 10.1 Å². The molecule has 5 heterocycles. The van der Waals surface area contributed by atoms with Crippen molar-refractivity contribution in [2.75, 3.05) is 5.32 Å². The first-order chi connectivity index (χ1) is 19.0. The van der Waals surface area contributed by atoms with E-state index in [1.165, 1.54) is 12.1 Å². The van der Waals surface area contributed by atoms with Crippen LogP contribution in [0.1, 0.15) is 31.7 Å². The van der Waals surface area contributed by atoms with Crippen LogP contribution in [0.25, 0.3) is 56.1 Å². The summed E-state index contributed by atoms with van der Waals surface area (Å²) in [5.74, 6) is 0.149. The lowest BCUT2D eigenvalue weighted by molar-refractivity contribution is -0.116. The third-order valence-electron chi connectivity index (χ3n) is 6.45. The van der Waals surface area contributed by atoms with Crippen molar-refractivity contribution in [2.45, 2.75) is 33.1 Å². The predicted molar refractivity (Wildman–Crippen MR) is 148 cm³/mol. The lowest BCUT2D eigenvalue weighted by atomic mass is 10.0. The average molecular weight is 521 g/mol. The zero-order valence-electron chi connectivity index (χ0n) is 21.4. The minimum atomic E-state index is -0.302. The highest BCUT2D eigenvalue weighted by molar-refractivity contribution is 5.95. The zero-order valence-corrected chi connectivity index (χ0v) is 21.4. The number of carbonyl (C=O) groups excluding carboxylic acids is 1. The Hall–Kier alpha value is -4.99. The minimum absolute atomic E-state index is 0.0393. The number of benzene rings is 1. The highest BCUT2D eigenvalue weighted by Gasteiger charge is 2.18. The Balaban J connectivity index is 1.38. The topological polar surface area (TPSA) is 125 Å². The number of hydrogen-bond acceptors (Lipinski definition) is 6. The number of imidazole rings is 1. The van der Waals surface area contributed by atoms with Crippen molar-refractivity contribution in [2.24, 2.45) is 0 Å². The second kappa shape index (κ2) is 10.1. The van der Waals surface area contributed by atoms with Crippen LogP contribution < -0.4 is 5.32 Å². The van der Waals surface area contributed by atoms with Crippen molar-refractivity contribution < 1.29 is 9.18 Å². The summed E-state index contributed by atoms with van der Waals surface area (Å²) >= 11 is 0. The number of aryl methyl sites for hydroxylation is 1. The van der Waals surface area contributed by atoms with E-state index >= 15 is 0 Å². The van der Waals surface area contributed by atoms with Crippen LogP contribution in [-0.2, 0) is 4.79 Å². The highest BCUT2D eigenvalue weighted by Crippen LogP contribution is 2.32. The molecule has 0 aliphatic rings. The molecule has 10 heteroatoms. The second-order valence-corrected chi connectivity index (χ2v) is 9.44. The second-order valence-electron chi connectivity index (χ2n) is 9.44. The monoisotopic (exact) mass is 520 g/mol. The van der Waals surface area contributed by atoms with Crippen molar-refractivity contribution in [1.29, 1.82) is 0 Å². The van der Waals surface area contributed by atoms with Gasteiger partial charge in [0.25, 0.3) is 0 Å². The van der Waals surface area contributed by atoms with E-state index in [4.69, 9.17) is 4.98 Å². The number of aromatic amines is 2. The lowest BCUT2D eigenvalue weighted by Crippen LogP contribution is -2.11. The molecule has 0 unspecified atom stereocenters. The molecule has 0 bridgehead atoms. The van der Waals surface area contributed by atoms with Crippen LogP contribution >= 0.6 is 0 Å². The summed E-state index contributed by atoms with van der Waals surface area (Å²) in [6.07, 6.45) is 7.23. The van der Waals surface area contributed by atoms with Crippen molar-refractivity contribution in [3.63, 3.8) is 0 Å². The van der Waals surface area contributed by atoms with Gasteiger partial charge in [-0.1, -0.05) is 19.4 Å². The Morgan fingerprint density at radius 3 is 2.79 bits per heavy atom. The van der Waals surface area contributed by atoms with Crippen LogP contribution in [-0.4, -0.2) is 41.0 Å². The maximum absolute atomic E-state index is 14.1. The first-order valence-corrected chi connectivity index (χ1v) is 12.7. The van der Waals surface area contributed by atoms with E-state index in [9.17, 15) is 9.18 Å². The average Bonchev–Trinajstić information content (AvgIpc) is 3.55. The molecule has 6 rings (SSSR count). The third-order valence-corrected chi connectivity index (χ3v) is 6.45. The number of aromatic nitrogens is 7. The lowest BCUT2D eigenvalue weighted by Gasteiger charge is -2.07. The van der Waals surface area contributed by atoms with Crippen LogP contribution in [0.5, 0.6) is 0 Å². The zero-order chi connectivity index (χ0) is 26.9. The number of fused-ring (bicyclic) bond motifs is 2. The molecule has 1 aromatic carbocycles. The summed E-state index contributed by atoms with van der Waals surface area (Å²) in [4.78, 5) is 33.7. The van der Waals surface area contributed by atoms with Crippen LogP contribution in [0.15, 0.2) is 61.1 Å². The van der Waals surface area contributed by atoms with Gasteiger partial charge in [0.2, 0.25) is 5.91 Å². The Labute approximate surface area is 223 Å². The minimum Gasteiger partial charge on any atom is -0.335 e. The number of H-pyrrole nitrogens is 2. The fraction of sp³-hybridized carbons (Fsp3) is 0.172. The standard InChI is InChI=1S/C29H25FN8O/c1-3-4-5-24(39)33-20-13-18(14-31-15-20)22-6-7-23-26(34-22)27(38-37-23)29-35-25-21(8-9-32-28(25)36-29)17-10-16(2)11-19(30)12-17/h6-15H,3-5H2,1-2H3,(H,33,39)(H,37,38)(H,32,35,36). The molecule has 0 saturated heterocycles. The molecule has 5 aromatic heterocycles. The molecule has 9 nitrogen and oxygen atoms in total. The number of hydrogen-bond donors (Lipinski definition) is 3.